The van der Waals surface area contributed by atoms with E-state index >= 15 is 0 Å². The quantitative estimate of drug-likeness (QED) is 0.485. The van der Waals surface area contributed by atoms with E-state index in [1.54, 1.807) is 0 Å². The molecule has 0 bridgehead atoms. The molecule has 1 heterocycles. The lowest BCUT2D eigenvalue weighted by Crippen LogP contribution is -2.04. The zero-order valence-corrected chi connectivity index (χ0v) is 7.48. The molecule has 0 amide bonds. The molecule has 1 saturated heterocycles. The summed E-state index contributed by atoms with van der Waals surface area (Å²) in [7, 11) is 0. The van der Waals surface area contributed by atoms with E-state index in [0.29, 0.717) is 8.94 Å². The molecule has 1 aliphatic rings. The number of hydrogen-bond donors (Lipinski definition) is 0. The van der Waals surface area contributed by atoms with Crippen LogP contribution in [0.15, 0.2) is 0 Å². The summed E-state index contributed by atoms with van der Waals surface area (Å²) in [5.74, 6) is 0. The molecular formula is C4H6BrIO. The Kier molecular flexibility index (Phi) is 2.37. The van der Waals surface area contributed by atoms with E-state index in [1.165, 1.54) is 0 Å². The Balaban J connectivity index is 2.33. The molecule has 1 rings (SSSR count). The van der Waals surface area contributed by atoms with Crippen LogP contribution in [0.2, 0.25) is 0 Å². The van der Waals surface area contributed by atoms with Crippen LogP contribution >= 0.6 is 38.5 Å². The van der Waals surface area contributed by atoms with Crippen LogP contribution in [0.4, 0.5) is 0 Å². The van der Waals surface area contributed by atoms with Gasteiger partial charge in [0.1, 0.15) is 4.11 Å². The van der Waals surface area contributed by atoms with Gasteiger partial charge < -0.3 is 4.74 Å². The van der Waals surface area contributed by atoms with Gasteiger partial charge >= 0.3 is 0 Å². The van der Waals surface area contributed by atoms with Crippen molar-refractivity contribution in [3.8, 4) is 0 Å². The minimum atomic E-state index is 0.401. The third kappa shape index (κ3) is 1.54. The van der Waals surface area contributed by atoms with Crippen LogP contribution in [0.25, 0.3) is 0 Å². The SMILES string of the molecule is BrC1CCOC1I. The molecule has 1 aliphatic heterocycles. The molecule has 1 fully saturated rings. The maximum atomic E-state index is 5.20. The first kappa shape index (κ1) is 6.29. The van der Waals surface area contributed by atoms with Crippen LogP contribution in [0.1, 0.15) is 6.42 Å². The van der Waals surface area contributed by atoms with Gasteiger partial charge in [-0.25, -0.2) is 0 Å². The minimum absolute atomic E-state index is 0.401. The average Bonchev–Trinajstić information content (AvgIpc) is 1.91. The summed E-state index contributed by atoms with van der Waals surface area (Å²) in [6.07, 6.45) is 1.16. The van der Waals surface area contributed by atoms with Crippen LogP contribution in [0.3, 0.4) is 0 Å². The van der Waals surface area contributed by atoms with Gasteiger partial charge in [-0.2, -0.15) is 0 Å². The zero-order chi connectivity index (χ0) is 5.28. The summed E-state index contributed by atoms with van der Waals surface area (Å²) in [5, 5.41) is 0. The van der Waals surface area contributed by atoms with Crippen molar-refractivity contribution >= 4 is 38.5 Å². The largest absolute Gasteiger partial charge is 0.367 e. The average molecular weight is 277 g/mol. The molecule has 1 nitrogen and oxygen atoms in total. The molecule has 0 aromatic carbocycles. The molecule has 0 spiro atoms. The summed E-state index contributed by atoms with van der Waals surface area (Å²) >= 11 is 5.76. The number of ether oxygens (including phenoxy) is 1. The van der Waals surface area contributed by atoms with E-state index in [-0.39, 0.29) is 0 Å². The van der Waals surface area contributed by atoms with Crippen LogP contribution in [0, 0.1) is 0 Å². The predicted molar refractivity (Wildman–Crippen MR) is 41.1 cm³/mol. The fraction of sp³-hybridized carbons (Fsp3) is 1.00. The molecule has 42 valence electrons. The molecular weight excluding hydrogens is 271 g/mol. The topological polar surface area (TPSA) is 9.23 Å². The molecule has 0 saturated carbocycles. The van der Waals surface area contributed by atoms with Crippen LogP contribution in [-0.4, -0.2) is 15.5 Å². The van der Waals surface area contributed by atoms with Gasteiger partial charge in [-0.05, 0) is 29.0 Å². The number of alkyl halides is 2. The highest BCUT2D eigenvalue weighted by molar-refractivity contribution is 14.1. The van der Waals surface area contributed by atoms with Gasteiger partial charge in [0.15, 0.2) is 0 Å². The molecule has 3 heteroatoms. The van der Waals surface area contributed by atoms with Gasteiger partial charge in [-0.3, -0.25) is 0 Å². The lowest BCUT2D eigenvalue weighted by Gasteiger charge is -2.00. The standard InChI is InChI=1S/C4H6BrIO/c5-3-1-2-7-4(3)6/h3-4H,1-2H2. The minimum Gasteiger partial charge on any atom is -0.367 e. The molecule has 0 aromatic heterocycles. The summed E-state index contributed by atoms with van der Waals surface area (Å²) in [5.41, 5.74) is 0. The predicted octanol–water partition coefficient (Wildman–Crippen LogP) is 1.93. The van der Waals surface area contributed by atoms with Crippen molar-refractivity contribution in [3.05, 3.63) is 0 Å². The first-order chi connectivity index (χ1) is 3.30. The van der Waals surface area contributed by atoms with Crippen molar-refractivity contribution in [2.24, 2.45) is 0 Å². The van der Waals surface area contributed by atoms with Crippen LogP contribution in [0.5, 0.6) is 0 Å². The van der Waals surface area contributed by atoms with Gasteiger partial charge in [0, 0.05) is 6.61 Å². The van der Waals surface area contributed by atoms with E-state index in [2.05, 4.69) is 38.5 Å². The van der Waals surface area contributed by atoms with Gasteiger partial charge in [-0.1, -0.05) is 15.9 Å². The molecule has 0 aliphatic carbocycles. The normalized spacial score (nSPS) is 42.0. The van der Waals surface area contributed by atoms with Gasteiger partial charge in [0.25, 0.3) is 0 Å². The maximum Gasteiger partial charge on any atom is 0.121 e. The third-order valence-electron chi connectivity index (χ3n) is 0.955. The van der Waals surface area contributed by atoms with E-state index in [4.69, 9.17) is 4.74 Å². The fourth-order valence-electron chi connectivity index (χ4n) is 0.529. The Morgan fingerprint density at radius 3 is 2.57 bits per heavy atom. The molecule has 2 unspecified atom stereocenters. The van der Waals surface area contributed by atoms with Crippen molar-refractivity contribution in [1.29, 1.82) is 0 Å². The van der Waals surface area contributed by atoms with E-state index in [1.807, 2.05) is 0 Å². The lowest BCUT2D eigenvalue weighted by molar-refractivity contribution is 0.186. The van der Waals surface area contributed by atoms with Crippen molar-refractivity contribution in [2.75, 3.05) is 6.61 Å². The van der Waals surface area contributed by atoms with E-state index in [9.17, 15) is 0 Å². The second-order valence-corrected chi connectivity index (χ2v) is 3.93. The second-order valence-electron chi connectivity index (χ2n) is 1.53. The highest BCUT2D eigenvalue weighted by Gasteiger charge is 2.21. The van der Waals surface area contributed by atoms with Gasteiger partial charge in [-0.15, -0.1) is 0 Å². The highest BCUT2D eigenvalue weighted by Crippen LogP contribution is 2.25. The van der Waals surface area contributed by atoms with Gasteiger partial charge in [0.05, 0.1) is 4.83 Å². The molecule has 2 atom stereocenters. The number of rotatable bonds is 0. The molecule has 7 heavy (non-hydrogen) atoms. The number of halogens is 2. The number of hydrogen-bond acceptors (Lipinski definition) is 1. The first-order valence-corrected chi connectivity index (χ1v) is 4.36. The zero-order valence-electron chi connectivity index (χ0n) is 3.73. The lowest BCUT2D eigenvalue weighted by atomic mass is 10.4. The van der Waals surface area contributed by atoms with Crippen molar-refractivity contribution in [3.63, 3.8) is 0 Å². The fourth-order valence-corrected chi connectivity index (χ4v) is 1.48. The van der Waals surface area contributed by atoms with Crippen molar-refractivity contribution < 1.29 is 4.74 Å². The Bertz CT molecular complexity index is 60.7. The third-order valence-corrected chi connectivity index (χ3v) is 4.11. The Morgan fingerprint density at radius 1 is 1.71 bits per heavy atom. The molecule has 0 radical (unpaired) electrons. The summed E-state index contributed by atoms with van der Waals surface area (Å²) in [6, 6.07) is 0. The van der Waals surface area contributed by atoms with E-state index < -0.39 is 0 Å². The smallest absolute Gasteiger partial charge is 0.121 e. The Hall–Kier alpha value is 1.17. The monoisotopic (exact) mass is 276 g/mol. The molecule has 0 aromatic rings. The summed E-state index contributed by atoms with van der Waals surface area (Å²) < 4.78 is 5.61. The van der Waals surface area contributed by atoms with Crippen molar-refractivity contribution in [1.82, 2.24) is 0 Å². The highest BCUT2D eigenvalue weighted by atomic mass is 127. The van der Waals surface area contributed by atoms with Crippen LogP contribution in [-0.2, 0) is 4.74 Å². The summed E-state index contributed by atoms with van der Waals surface area (Å²) in [6.45, 7) is 0.920. The van der Waals surface area contributed by atoms with Crippen LogP contribution < -0.4 is 0 Å². The van der Waals surface area contributed by atoms with E-state index in [0.717, 1.165) is 13.0 Å². The Morgan fingerprint density at radius 2 is 2.43 bits per heavy atom. The Labute approximate surface area is 65.1 Å². The molecule has 0 N–H and O–H groups in total. The maximum absolute atomic E-state index is 5.20. The van der Waals surface area contributed by atoms with Gasteiger partial charge in [0.2, 0.25) is 0 Å². The summed E-state index contributed by atoms with van der Waals surface area (Å²) in [4.78, 5) is 0.591. The second kappa shape index (κ2) is 2.64. The first-order valence-electron chi connectivity index (χ1n) is 2.20. The van der Waals surface area contributed by atoms with Crippen molar-refractivity contribution in [2.45, 2.75) is 15.4 Å².